The van der Waals surface area contributed by atoms with Crippen molar-refractivity contribution in [2.24, 2.45) is 0 Å². The minimum absolute atomic E-state index is 0.0736. The lowest BCUT2D eigenvalue weighted by Gasteiger charge is -2.19. The van der Waals surface area contributed by atoms with Gasteiger partial charge in [0.1, 0.15) is 0 Å². The molecule has 5 nitrogen and oxygen atoms in total. The molecule has 23 heavy (non-hydrogen) atoms. The first-order chi connectivity index (χ1) is 11.2. The van der Waals surface area contributed by atoms with Crippen molar-refractivity contribution in [3.05, 3.63) is 54.1 Å². The zero-order valence-corrected chi connectivity index (χ0v) is 13.6. The fourth-order valence-corrected chi connectivity index (χ4v) is 3.05. The number of urea groups is 1. The molecular weight excluding hydrogens is 288 g/mol. The third-order valence-corrected chi connectivity index (χ3v) is 4.60. The van der Waals surface area contributed by atoms with E-state index in [1.807, 2.05) is 10.8 Å². The normalized spacial score (nSPS) is 15.2. The Bertz CT molecular complexity index is 647. The Labute approximate surface area is 137 Å². The highest BCUT2D eigenvalue weighted by atomic mass is 16.2. The molecule has 0 atom stereocenters. The van der Waals surface area contributed by atoms with Crippen LogP contribution in [-0.2, 0) is 12.0 Å². The standard InChI is InChI=1S/C18H24N4O/c1-15-5-2-3-6-16(15)18(7-8-18)13-21-17(23)20-9-4-11-22-12-10-19-14-22/h2-3,5-6,10,12,14H,4,7-9,11,13H2,1H3,(H2,20,21,23). The van der Waals surface area contributed by atoms with E-state index in [4.69, 9.17) is 0 Å². The zero-order valence-electron chi connectivity index (χ0n) is 13.6. The largest absolute Gasteiger partial charge is 0.338 e. The Morgan fingerprint density at radius 2 is 2.13 bits per heavy atom. The molecule has 2 amide bonds. The van der Waals surface area contributed by atoms with Gasteiger partial charge in [-0.3, -0.25) is 0 Å². The second-order valence-corrected chi connectivity index (χ2v) is 6.36. The van der Waals surface area contributed by atoms with E-state index in [0.717, 1.165) is 25.8 Å². The molecule has 1 fully saturated rings. The molecule has 1 saturated carbocycles. The van der Waals surface area contributed by atoms with Gasteiger partial charge < -0.3 is 15.2 Å². The van der Waals surface area contributed by atoms with E-state index in [2.05, 4.69) is 46.8 Å². The lowest BCUT2D eigenvalue weighted by Crippen LogP contribution is -2.40. The van der Waals surface area contributed by atoms with Gasteiger partial charge in [-0.05, 0) is 37.3 Å². The molecule has 0 bridgehead atoms. The van der Waals surface area contributed by atoms with Gasteiger partial charge in [-0.15, -0.1) is 0 Å². The first kappa shape index (κ1) is 15.6. The fraction of sp³-hybridized carbons (Fsp3) is 0.444. The van der Waals surface area contributed by atoms with Crippen LogP contribution >= 0.6 is 0 Å². The van der Waals surface area contributed by atoms with Gasteiger partial charge in [0, 0.05) is 37.4 Å². The summed E-state index contributed by atoms with van der Waals surface area (Å²) in [5.41, 5.74) is 2.84. The number of imidazole rings is 1. The molecule has 2 N–H and O–H groups in total. The summed E-state index contributed by atoms with van der Waals surface area (Å²) >= 11 is 0. The second kappa shape index (κ2) is 6.86. The van der Waals surface area contributed by atoms with Gasteiger partial charge in [-0.2, -0.15) is 0 Å². The first-order valence-electron chi connectivity index (χ1n) is 8.23. The molecular formula is C18H24N4O. The predicted molar refractivity (Wildman–Crippen MR) is 90.3 cm³/mol. The number of nitrogens with one attached hydrogen (secondary N) is 2. The van der Waals surface area contributed by atoms with Crippen molar-refractivity contribution in [1.29, 1.82) is 0 Å². The summed E-state index contributed by atoms with van der Waals surface area (Å²) in [6.07, 6.45) is 8.68. The van der Waals surface area contributed by atoms with Crippen molar-refractivity contribution in [3.8, 4) is 0 Å². The fourth-order valence-electron chi connectivity index (χ4n) is 3.05. The smallest absolute Gasteiger partial charge is 0.314 e. The number of nitrogens with zero attached hydrogens (tertiary/aromatic N) is 2. The van der Waals surface area contributed by atoms with Crippen LogP contribution in [0.2, 0.25) is 0 Å². The van der Waals surface area contributed by atoms with Gasteiger partial charge in [0.15, 0.2) is 0 Å². The van der Waals surface area contributed by atoms with Crippen LogP contribution < -0.4 is 10.6 Å². The SMILES string of the molecule is Cc1ccccc1C1(CNC(=O)NCCCn2ccnc2)CC1. The van der Waals surface area contributed by atoms with E-state index in [0.29, 0.717) is 13.1 Å². The zero-order chi connectivity index (χ0) is 16.1. The van der Waals surface area contributed by atoms with Crippen LogP contribution in [0.25, 0.3) is 0 Å². The summed E-state index contributed by atoms with van der Waals surface area (Å²) in [6.45, 7) is 4.39. The highest BCUT2D eigenvalue weighted by Gasteiger charge is 2.45. The van der Waals surface area contributed by atoms with Gasteiger partial charge in [0.2, 0.25) is 0 Å². The summed E-state index contributed by atoms with van der Waals surface area (Å²) < 4.78 is 2.01. The molecule has 1 heterocycles. The van der Waals surface area contributed by atoms with Crippen molar-refractivity contribution < 1.29 is 4.79 Å². The molecule has 1 aliphatic carbocycles. The van der Waals surface area contributed by atoms with Crippen LogP contribution in [0.5, 0.6) is 0 Å². The summed E-state index contributed by atoms with van der Waals surface area (Å²) in [5.74, 6) is 0. The Balaban J connectivity index is 1.40. The second-order valence-electron chi connectivity index (χ2n) is 6.36. The van der Waals surface area contributed by atoms with Crippen LogP contribution in [0.4, 0.5) is 4.79 Å². The average Bonchev–Trinajstić information content (AvgIpc) is 3.16. The van der Waals surface area contributed by atoms with Crippen LogP contribution in [0, 0.1) is 6.92 Å². The number of aryl methyl sites for hydroxylation is 2. The van der Waals surface area contributed by atoms with Crippen LogP contribution in [0.1, 0.15) is 30.4 Å². The Morgan fingerprint density at radius 1 is 1.30 bits per heavy atom. The highest BCUT2D eigenvalue weighted by Crippen LogP contribution is 2.48. The molecule has 1 aromatic heterocycles. The van der Waals surface area contributed by atoms with Crippen LogP contribution in [0.15, 0.2) is 43.0 Å². The minimum Gasteiger partial charge on any atom is -0.338 e. The van der Waals surface area contributed by atoms with E-state index in [-0.39, 0.29) is 11.4 Å². The summed E-state index contributed by atoms with van der Waals surface area (Å²) in [4.78, 5) is 16.0. The minimum atomic E-state index is -0.0736. The number of carbonyl (C=O) groups excluding carboxylic acids is 1. The molecule has 1 aliphatic rings. The number of hydrogen-bond donors (Lipinski definition) is 2. The van der Waals surface area contributed by atoms with Crippen LogP contribution in [0.3, 0.4) is 0 Å². The maximum atomic E-state index is 12.0. The number of carbonyl (C=O) groups is 1. The van der Waals surface area contributed by atoms with Gasteiger partial charge in [-0.25, -0.2) is 9.78 Å². The maximum Gasteiger partial charge on any atom is 0.314 e. The molecule has 1 aromatic carbocycles. The number of amides is 2. The average molecular weight is 312 g/mol. The molecule has 122 valence electrons. The van der Waals surface area contributed by atoms with E-state index in [1.165, 1.54) is 11.1 Å². The van der Waals surface area contributed by atoms with E-state index >= 15 is 0 Å². The third-order valence-electron chi connectivity index (χ3n) is 4.60. The third kappa shape index (κ3) is 3.92. The summed E-state index contributed by atoms with van der Waals surface area (Å²) in [5, 5.41) is 5.96. The lowest BCUT2D eigenvalue weighted by molar-refractivity contribution is 0.239. The van der Waals surface area contributed by atoms with Crippen molar-refractivity contribution >= 4 is 6.03 Å². The monoisotopic (exact) mass is 312 g/mol. The Morgan fingerprint density at radius 3 is 2.83 bits per heavy atom. The topological polar surface area (TPSA) is 59.0 Å². The van der Waals surface area contributed by atoms with Crippen molar-refractivity contribution in [1.82, 2.24) is 20.2 Å². The van der Waals surface area contributed by atoms with E-state index < -0.39 is 0 Å². The maximum absolute atomic E-state index is 12.0. The summed E-state index contributed by atoms with van der Waals surface area (Å²) in [6, 6.07) is 8.41. The van der Waals surface area contributed by atoms with Gasteiger partial charge in [0.25, 0.3) is 0 Å². The van der Waals surface area contributed by atoms with E-state index in [1.54, 1.807) is 12.5 Å². The predicted octanol–water partition coefficient (Wildman–Crippen LogP) is 2.61. The lowest BCUT2D eigenvalue weighted by atomic mass is 9.92. The van der Waals surface area contributed by atoms with E-state index in [9.17, 15) is 4.79 Å². The molecule has 5 heteroatoms. The first-order valence-corrected chi connectivity index (χ1v) is 8.23. The van der Waals surface area contributed by atoms with Gasteiger partial charge in [-0.1, -0.05) is 24.3 Å². The number of rotatable bonds is 7. The number of hydrogen-bond acceptors (Lipinski definition) is 2. The quantitative estimate of drug-likeness (QED) is 0.772. The molecule has 2 aromatic rings. The molecule has 3 rings (SSSR count). The van der Waals surface area contributed by atoms with Crippen molar-refractivity contribution in [2.45, 2.75) is 38.1 Å². The molecule has 0 unspecified atom stereocenters. The highest BCUT2D eigenvalue weighted by molar-refractivity contribution is 5.74. The van der Waals surface area contributed by atoms with Crippen molar-refractivity contribution in [3.63, 3.8) is 0 Å². The summed E-state index contributed by atoms with van der Waals surface area (Å²) in [7, 11) is 0. The van der Waals surface area contributed by atoms with Gasteiger partial charge >= 0.3 is 6.03 Å². The molecule has 0 spiro atoms. The Hall–Kier alpha value is -2.30. The molecule has 0 radical (unpaired) electrons. The molecule has 0 saturated heterocycles. The molecule has 0 aliphatic heterocycles. The number of aromatic nitrogens is 2. The van der Waals surface area contributed by atoms with Gasteiger partial charge in [0.05, 0.1) is 6.33 Å². The Kier molecular flexibility index (Phi) is 4.65. The number of benzene rings is 1. The van der Waals surface area contributed by atoms with Crippen molar-refractivity contribution in [2.75, 3.05) is 13.1 Å². The van der Waals surface area contributed by atoms with Crippen LogP contribution in [-0.4, -0.2) is 28.7 Å².